The number of nitrogens with zero attached hydrogens (tertiary/aromatic N) is 4. The number of alkyl halides is 3. The lowest BCUT2D eigenvalue weighted by molar-refractivity contribution is -0.137. The van der Waals surface area contributed by atoms with Gasteiger partial charge in [0.15, 0.2) is 0 Å². The van der Waals surface area contributed by atoms with E-state index in [2.05, 4.69) is 24.9 Å². The minimum absolute atomic E-state index is 0.0489. The van der Waals surface area contributed by atoms with Crippen LogP contribution in [0.3, 0.4) is 0 Å². The van der Waals surface area contributed by atoms with Gasteiger partial charge in [-0.05, 0) is 30.5 Å². The number of hydrogen-bond acceptors (Lipinski definition) is 7. The highest BCUT2D eigenvalue weighted by Gasteiger charge is 2.40. The highest BCUT2D eigenvalue weighted by molar-refractivity contribution is 5.87. The molecule has 0 bridgehead atoms. The van der Waals surface area contributed by atoms with E-state index in [1.165, 1.54) is 12.1 Å². The topological polar surface area (TPSA) is 96.9 Å². The summed E-state index contributed by atoms with van der Waals surface area (Å²) in [6.07, 6.45) is 0.969. The second-order valence-electron chi connectivity index (χ2n) is 9.65. The van der Waals surface area contributed by atoms with Crippen molar-refractivity contribution >= 4 is 12.0 Å². The Labute approximate surface area is 212 Å². The summed E-state index contributed by atoms with van der Waals surface area (Å²) in [6, 6.07) is 3.07. The van der Waals surface area contributed by atoms with E-state index in [-0.39, 0.29) is 17.7 Å². The Bertz CT molecular complexity index is 1120. The minimum atomic E-state index is -4.50. The third-order valence-corrected chi connectivity index (χ3v) is 7.09. The van der Waals surface area contributed by atoms with Crippen LogP contribution in [0.15, 0.2) is 36.7 Å². The molecule has 2 aromatic rings. The zero-order valence-electron chi connectivity index (χ0n) is 20.3. The molecule has 1 unspecified atom stereocenters. The number of aromatic nitrogens is 2. The maximum Gasteiger partial charge on any atom is 0.416 e. The third kappa shape index (κ3) is 5.79. The second-order valence-corrected chi connectivity index (χ2v) is 9.65. The molecule has 2 saturated heterocycles. The molecule has 37 heavy (non-hydrogen) atoms. The van der Waals surface area contributed by atoms with Gasteiger partial charge in [-0.25, -0.2) is 9.78 Å². The van der Waals surface area contributed by atoms with Crippen molar-refractivity contribution < 1.29 is 32.2 Å². The van der Waals surface area contributed by atoms with Crippen molar-refractivity contribution in [3.63, 3.8) is 0 Å². The van der Waals surface area contributed by atoms with Gasteiger partial charge in [0, 0.05) is 44.6 Å². The number of ether oxygens (including phenoxy) is 2. The lowest BCUT2D eigenvalue weighted by Gasteiger charge is -2.38. The van der Waals surface area contributed by atoms with Gasteiger partial charge >= 0.3 is 12.3 Å². The molecule has 1 aromatic heterocycles. The van der Waals surface area contributed by atoms with Gasteiger partial charge in [-0.1, -0.05) is 12.1 Å². The first kappa shape index (κ1) is 25.2. The SMILES string of the molecule is COC(=O)NC(C(=O)N1CCN2C[C@H](Oc3cnc(C4CC4)cn3)C[C@H]2C1)c1ccc(C(F)(F)F)cc1. The maximum absolute atomic E-state index is 13.5. The summed E-state index contributed by atoms with van der Waals surface area (Å²) in [5.41, 5.74) is 0.401. The van der Waals surface area contributed by atoms with E-state index in [0.29, 0.717) is 44.4 Å². The molecule has 0 spiro atoms. The molecule has 3 atom stereocenters. The van der Waals surface area contributed by atoms with Crippen LogP contribution in [0, 0.1) is 0 Å². The number of hydrogen-bond donors (Lipinski definition) is 1. The number of rotatable bonds is 6. The number of benzene rings is 1. The molecule has 3 heterocycles. The summed E-state index contributed by atoms with van der Waals surface area (Å²) in [5, 5.41) is 2.47. The normalized spacial score (nSPS) is 22.8. The Morgan fingerprint density at radius 2 is 1.84 bits per heavy atom. The smallest absolute Gasteiger partial charge is 0.416 e. The number of piperazine rings is 1. The Hall–Kier alpha value is -3.41. The highest BCUT2D eigenvalue weighted by atomic mass is 19.4. The summed E-state index contributed by atoms with van der Waals surface area (Å²) in [6.45, 7) is 2.13. The summed E-state index contributed by atoms with van der Waals surface area (Å²) in [4.78, 5) is 38.1. The molecule has 3 fully saturated rings. The number of methoxy groups -OCH3 is 1. The summed E-state index contributed by atoms with van der Waals surface area (Å²) in [7, 11) is 1.16. The number of alkyl carbamates (subject to hydrolysis) is 1. The standard InChI is InChI=1S/C25H28F3N5O4/c1-36-24(35)31-22(16-4-6-17(7-5-16)25(26,27)28)23(34)33-9-8-32-14-19(10-18(32)13-33)37-21-12-29-20(11-30-21)15-2-3-15/h4-7,11-12,15,18-19,22H,2-3,8-10,13-14H2,1H3,(H,31,35)/t18-,19+,22?/m0/s1. The number of carbonyl (C=O) groups is 2. The molecule has 3 aliphatic rings. The van der Waals surface area contributed by atoms with Crippen LogP contribution in [0.2, 0.25) is 0 Å². The van der Waals surface area contributed by atoms with E-state index in [0.717, 1.165) is 37.8 Å². The fourth-order valence-electron chi connectivity index (χ4n) is 4.94. The molecule has 1 N–H and O–H groups in total. The maximum atomic E-state index is 13.5. The first-order valence-electron chi connectivity index (χ1n) is 12.2. The van der Waals surface area contributed by atoms with Crippen molar-refractivity contribution in [3.05, 3.63) is 53.5 Å². The molecule has 9 nitrogen and oxygen atoms in total. The van der Waals surface area contributed by atoms with Crippen LogP contribution in [-0.2, 0) is 15.7 Å². The van der Waals surface area contributed by atoms with Gasteiger partial charge < -0.3 is 19.7 Å². The fourth-order valence-corrected chi connectivity index (χ4v) is 4.94. The molecule has 1 aromatic carbocycles. The van der Waals surface area contributed by atoms with Crippen molar-refractivity contribution in [1.82, 2.24) is 25.1 Å². The molecular formula is C25H28F3N5O4. The Kier molecular flexibility index (Phi) is 6.93. The van der Waals surface area contributed by atoms with Crippen LogP contribution < -0.4 is 10.1 Å². The number of fused-ring (bicyclic) bond motifs is 1. The van der Waals surface area contributed by atoms with E-state index in [1.54, 1.807) is 17.3 Å². The van der Waals surface area contributed by atoms with Crippen LogP contribution in [0.5, 0.6) is 5.88 Å². The van der Waals surface area contributed by atoms with Crippen molar-refractivity contribution in [1.29, 1.82) is 0 Å². The van der Waals surface area contributed by atoms with E-state index < -0.39 is 29.8 Å². The summed E-state index contributed by atoms with van der Waals surface area (Å²) in [5.74, 6) is 0.591. The summed E-state index contributed by atoms with van der Waals surface area (Å²) < 4.78 is 49.7. The van der Waals surface area contributed by atoms with Gasteiger partial charge in [0.1, 0.15) is 12.1 Å². The Morgan fingerprint density at radius 3 is 2.46 bits per heavy atom. The quantitative estimate of drug-likeness (QED) is 0.627. The van der Waals surface area contributed by atoms with Gasteiger partial charge in [0.2, 0.25) is 11.8 Å². The average Bonchev–Trinajstić information content (AvgIpc) is 3.66. The zero-order valence-corrected chi connectivity index (χ0v) is 20.3. The van der Waals surface area contributed by atoms with Crippen LogP contribution >= 0.6 is 0 Å². The van der Waals surface area contributed by atoms with E-state index in [9.17, 15) is 22.8 Å². The van der Waals surface area contributed by atoms with Crippen LogP contribution in [0.4, 0.5) is 18.0 Å². The molecule has 2 amide bonds. The number of halogens is 3. The van der Waals surface area contributed by atoms with Crippen molar-refractivity contribution in [2.45, 2.75) is 49.5 Å². The first-order chi connectivity index (χ1) is 17.7. The monoisotopic (exact) mass is 519 g/mol. The van der Waals surface area contributed by atoms with E-state index in [1.807, 2.05) is 0 Å². The van der Waals surface area contributed by atoms with E-state index in [4.69, 9.17) is 4.74 Å². The minimum Gasteiger partial charge on any atom is -0.472 e. The molecular weight excluding hydrogens is 491 g/mol. The van der Waals surface area contributed by atoms with Gasteiger partial charge in [0.05, 0.1) is 30.8 Å². The van der Waals surface area contributed by atoms with E-state index >= 15 is 0 Å². The fraction of sp³-hybridized carbons (Fsp3) is 0.520. The molecule has 198 valence electrons. The molecule has 5 rings (SSSR count). The lowest BCUT2D eigenvalue weighted by Crippen LogP contribution is -2.54. The van der Waals surface area contributed by atoms with Crippen molar-refractivity contribution in [2.75, 3.05) is 33.3 Å². The van der Waals surface area contributed by atoms with Crippen LogP contribution in [0.25, 0.3) is 0 Å². The average molecular weight is 520 g/mol. The third-order valence-electron chi connectivity index (χ3n) is 7.09. The van der Waals surface area contributed by atoms with Gasteiger partial charge in [-0.2, -0.15) is 13.2 Å². The Balaban J connectivity index is 1.23. The van der Waals surface area contributed by atoms with Crippen LogP contribution in [0.1, 0.15) is 48.0 Å². The van der Waals surface area contributed by atoms with Gasteiger partial charge in [-0.15, -0.1) is 0 Å². The zero-order chi connectivity index (χ0) is 26.2. The van der Waals surface area contributed by atoms with Gasteiger partial charge in [0.25, 0.3) is 0 Å². The number of amides is 2. The highest BCUT2D eigenvalue weighted by Crippen LogP contribution is 2.38. The first-order valence-corrected chi connectivity index (χ1v) is 12.2. The largest absolute Gasteiger partial charge is 0.472 e. The molecule has 2 aliphatic heterocycles. The molecule has 12 heteroatoms. The second kappa shape index (κ2) is 10.2. The predicted molar refractivity (Wildman–Crippen MR) is 125 cm³/mol. The number of carbonyl (C=O) groups excluding carboxylic acids is 2. The summed E-state index contributed by atoms with van der Waals surface area (Å²) >= 11 is 0. The molecule has 0 radical (unpaired) electrons. The Morgan fingerprint density at radius 1 is 1.08 bits per heavy atom. The van der Waals surface area contributed by atoms with Gasteiger partial charge in [-0.3, -0.25) is 14.7 Å². The van der Waals surface area contributed by atoms with Crippen molar-refractivity contribution in [3.8, 4) is 5.88 Å². The lowest BCUT2D eigenvalue weighted by atomic mass is 10.0. The van der Waals surface area contributed by atoms with Crippen LogP contribution in [-0.4, -0.2) is 77.2 Å². The predicted octanol–water partition coefficient (Wildman–Crippen LogP) is 3.13. The molecule has 1 saturated carbocycles. The number of nitrogens with one attached hydrogen (secondary N) is 1. The van der Waals surface area contributed by atoms with Crippen molar-refractivity contribution in [2.24, 2.45) is 0 Å². The molecule has 1 aliphatic carbocycles.